The Bertz CT molecular complexity index is 539. The van der Waals surface area contributed by atoms with Crippen LogP contribution in [0.2, 0.25) is 0 Å². The summed E-state index contributed by atoms with van der Waals surface area (Å²) in [6, 6.07) is 9.60. The third-order valence-corrected chi connectivity index (χ3v) is 2.51. The van der Waals surface area contributed by atoms with Crippen LogP contribution in [0.4, 0.5) is 0 Å². The van der Waals surface area contributed by atoms with Crippen molar-refractivity contribution in [3.8, 4) is 6.08 Å². The van der Waals surface area contributed by atoms with Gasteiger partial charge in [0.05, 0.1) is 6.04 Å². The maximum Gasteiger partial charge on any atom is 0.417 e. The number of nitrogens with one attached hydrogen (secondary N) is 1. The smallest absolute Gasteiger partial charge is 0.417 e. The number of carbonyl (C=O) groups excluding carboxylic acids is 1. The first kappa shape index (κ1) is 13.1. The molecule has 0 saturated carbocycles. The number of hydrogen-bond donors (Lipinski definition) is 1. The molecule has 1 N–H and O–H groups in total. The lowest BCUT2D eigenvalue weighted by Crippen LogP contribution is -2.31. The first-order chi connectivity index (χ1) is 9.15. The molecular weight excluding hydrogens is 246 g/mol. The zero-order valence-corrected chi connectivity index (χ0v) is 10.8. The van der Waals surface area contributed by atoms with Crippen molar-refractivity contribution in [1.29, 1.82) is 0 Å². The van der Waals surface area contributed by atoms with Crippen LogP contribution < -0.4 is 10.1 Å². The van der Waals surface area contributed by atoms with Crippen LogP contribution in [0.5, 0.6) is 6.08 Å². The van der Waals surface area contributed by atoms with E-state index >= 15 is 0 Å². The summed E-state index contributed by atoms with van der Waals surface area (Å²) >= 11 is 0. The Morgan fingerprint density at radius 3 is 2.79 bits per heavy atom. The monoisotopic (exact) mass is 261 g/mol. The fraction of sp³-hybridized carbons (Fsp3) is 0.308. The molecule has 19 heavy (non-hydrogen) atoms. The normalized spacial score (nSPS) is 11.9. The number of carbonyl (C=O) groups is 1. The van der Waals surface area contributed by atoms with Crippen molar-refractivity contribution in [3.05, 3.63) is 41.7 Å². The summed E-state index contributed by atoms with van der Waals surface area (Å²) in [6.07, 6.45) is 0.0000131. The zero-order chi connectivity index (χ0) is 13.7. The molecule has 2 rings (SSSR count). The lowest BCUT2D eigenvalue weighted by atomic mass is 10.1. The number of rotatable bonds is 5. The maximum atomic E-state index is 11.7. The van der Waals surface area contributed by atoms with Gasteiger partial charge in [0.1, 0.15) is 0 Å². The van der Waals surface area contributed by atoms with Crippen molar-refractivity contribution in [2.24, 2.45) is 0 Å². The van der Waals surface area contributed by atoms with Gasteiger partial charge in [-0.25, -0.2) is 0 Å². The molecule has 0 aliphatic carbocycles. The van der Waals surface area contributed by atoms with Gasteiger partial charge < -0.3 is 10.1 Å². The molecule has 0 radical (unpaired) electrons. The zero-order valence-electron chi connectivity index (χ0n) is 10.8. The Morgan fingerprint density at radius 1 is 1.42 bits per heavy atom. The summed E-state index contributed by atoms with van der Waals surface area (Å²) in [5.41, 5.74) is 1.03. The first-order valence-electron chi connectivity index (χ1n) is 5.92. The van der Waals surface area contributed by atoms with Gasteiger partial charge in [0.2, 0.25) is 0 Å². The molecule has 1 atom stereocenters. The highest BCUT2D eigenvalue weighted by molar-refractivity contribution is 5.77. The molecule has 0 fully saturated rings. The second kappa shape index (κ2) is 5.99. The van der Waals surface area contributed by atoms with Gasteiger partial charge in [0, 0.05) is 0 Å². The third kappa shape index (κ3) is 3.80. The van der Waals surface area contributed by atoms with Crippen LogP contribution in [0.3, 0.4) is 0 Å². The maximum absolute atomic E-state index is 11.7. The fourth-order valence-corrected chi connectivity index (χ4v) is 1.57. The Balaban J connectivity index is 1.81. The van der Waals surface area contributed by atoms with Gasteiger partial charge in [-0.05, 0) is 19.4 Å². The number of aryl methyl sites for hydroxylation is 1. The molecule has 0 bridgehead atoms. The minimum atomic E-state index is -0.243. The van der Waals surface area contributed by atoms with Crippen LogP contribution in [-0.4, -0.2) is 22.7 Å². The molecule has 0 aliphatic heterocycles. The van der Waals surface area contributed by atoms with E-state index in [0.717, 1.165) is 5.56 Å². The largest absolute Gasteiger partial charge is 0.439 e. The van der Waals surface area contributed by atoms with Gasteiger partial charge in [-0.1, -0.05) is 35.5 Å². The van der Waals surface area contributed by atoms with Gasteiger partial charge >= 0.3 is 6.08 Å². The fourth-order valence-electron chi connectivity index (χ4n) is 1.57. The van der Waals surface area contributed by atoms with Gasteiger partial charge in [-0.3, -0.25) is 9.32 Å². The first-order valence-corrected chi connectivity index (χ1v) is 5.92. The average molecular weight is 261 g/mol. The molecule has 6 heteroatoms. The number of hydrogen-bond acceptors (Lipinski definition) is 5. The number of aromatic nitrogens is 2. The SMILES string of the molecule is Cc1noc(OCC(=O)N[C@H](C)c2ccccc2)n1. The van der Waals surface area contributed by atoms with E-state index in [1.165, 1.54) is 0 Å². The molecule has 6 nitrogen and oxygen atoms in total. The lowest BCUT2D eigenvalue weighted by Gasteiger charge is -2.13. The van der Waals surface area contributed by atoms with Gasteiger partial charge in [-0.2, -0.15) is 4.98 Å². The summed E-state index contributed by atoms with van der Waals surface area (Å²) in [4.78, 5) is 15.5. The Morgan fingerprint density at radius 2 is 2.16 bits per heavy atom. The summed E-state index contributed by atoms with van der Waals surface area (Å²) in [5, 5.41) is 6.38. The number of nitrogens with zero attached hydrogens (tertiary/aromatic N) is 2. The number of benzene rings is 1. The minimum absolute atomic E-state index is 0.0000131. The van der Waals surface area contributed by atoms with Crippen molar-refractivity contribution >= 4 is 5.91 Å². The van der Waals surface area contributed by atoms with Crippen molar-refractivity contribution in [1.82, 2.24) is 15.5 Å². The van der Waals surface area contributed by atoms with Crippen LogP contribution in [0.25, 0.3) is 0 Å². The van der Waals surface area contributed by atoms with E-state index in [2.05, 4.69) is 15.5 Å². The highest BCUT2D eigenvalue weighted by atomic mass is 16.6. The average Bonchev–Trinajstić information content (AvgIpc) is 2.83. The highest BCUT2D eigenvalue weighted by Crippen LogP contribution is 2.11. The van der Waals surface area contributed by atoms with E-state index in [9.17, 15) is 4.79 Å². The third-order valence-electron chi connectivity index (χ3n) is 2.51. The molecule has 0 saturated heterocycles. The second-order valence-electron chi connectivity index (χ2n) is 4.10. The van der Waals surface area contributed by atoms with E-state index in [1.807, 2.05) is 37.3 Å². The summed E-state index contributed by atoms with van der Waals surface area (Å²) in [7, 11) is 0. The van der Waals surface area contributed by atoms with Crippen molar-refractivity contribution < 1.29 is 14.1 Å². The molecule has 0 unspecified atom stereocenters. The Hall–Kier alpha value is -2.37. The van der Waals surface area contributed by atoms with E-state index in [0.29, 0.717) is 5.82 Å². The number of amides is 1. The van der Waals surface area contributed by atoms with E-state index in [-0.39, 0.29) is 24.6 Å². The standard InChI is InChI=1S/C13H15N3O3/c1-9(11-6-4-3-5-7-11)14-12(17)8-18-13-15-10(2)16-19-13/h3-7,9H,8H2,1-2H3,(H,14,17)/t9-/m1/s1. The van der Waals surface area contributed by atoms with Crippen LogP contribution in [-0.2, 0) is 4.79 Å². The van der Waals surface area contributed by atoms with Gasteiger partial charge in [0.15, 0.2) is 12.4 Å². The molecular formula is C13H15N3O3. The highest BCUT2D eigenvalue weighted by Gasteiger charge is 2.11. The molecule has 100 valence electrons. The Labute approximate surface area is 110 Å². The summed E-state index contributed by atoms with van der Waals surface area (Å²) in [5.74, 6) is 0.222. The van der Waals surface area contributed by atoms with Crippen molar-refractivity contribution in [2.75, 3.05) is 6.61 Å². The topological polar surface area (TPSA) is 77.2 Å². The van der Waals surface area contributed by atoms with Crippen LogP contribution >= 0.6 is 0 Å². The second-order valence-corrected chi connectivity index (χ2v) is 4.10. The predicted molar refractivity (Wildman–Crippen MR) is 67.5 cm³/mol. The summed E-state index contributed by atoms with van der Waals surface area (Å²) < 4.78 is 9.81. The predicted octanol–water partition coefficient (Wildman–Crippen LogP) is 1.63. The number of ether oxygens (including phenoxy) is 1. The van der Waals surface area contributed by atoms with Gasteiger partial charge in [0.25, 0.3) is 5.91 Å². The quantitative estimate of drug-likeness (QED) is 0.885. The van der Waals surface area contributed by atoms with Gasteiger partial charge in [-0.15, -0.1) is 0 Å². The van der Waals surface area contributed by atoms with Crippen LogP contribution in [0, 0.1) is 6.92 Å². The molecule has 0 aliphatic rings. The molecule has 1 aromatic heterocycles. The van der Waals surface area contributed by atoms with Crippen molar-refractivity contribution in [2.45, 2.75) is 19.9 Å². The molecule has 1 aromatic carbocycles. The molecule has 2 aromatic rings. The molecule has 0 spiro atoms. The minimum Gasteiger partial charge on any atom is -0.439 e. The van der Waals surface area contributed by atoms with E-state index in [4.69, 9.17) is 9.26 Å². The molecule has 1 amide bonds. The van der Waals surface area contributed by atoms with Crippen molar-refractivity contribution in [3.63, 3.8) is 0 Å². The van der Waals surface area contributed by atoms with Crippen LogP contribution in [0.15, 0.2) is 34.9 Å². The molecule has 1 heterocycles. The van der Waals surface area contributed by atoms with E-state index < -0.39 is 0 Å². The summed E-state index contributed by atoms with van der Waals surface area (Å²) in [6.45, 7) is 3.43. The lowest BCUT2D eigenvalue weighted by molar-refractivity contribution is -0.124. The van der Waals surface area contributed by atoms with E-state index in [1.54, 1.807) is 6.92 Å². The Kier molecular flexibility index (Phi) is 4.12. The van der Waals surface area contributed by atoms with Crippen LogP contribution in [0.1, 0.15) is 24.4 Å².